The smallest absolute Gasteiger partial charge is 0.0392 e. The molecule has 4 unspecified atom stereocenters. The Labute approximate surface area is 161 Å². The van der Waals surface area contributed by atoms with Crippen LogP contribution in [0.5, 0.6) is 0 Å². The Kier molecular flexibility index (Phi) is 4.02. The summed E-state index contributed by atoms with van der Waals surface area (Å²) in [5, 5.41) is 0. The molecule has 4 atom stereocenters. The summed E-state index contributed by atoms with van der Waals surface area (Å²) in [4.78, 5) is 0. The van der Waals surface area contributed by atoms with Crippen LogP contribution in [0.15, 0.2) is 66.2 Å². The highest BCUT2D eigenvalue weighted by Gasteiger charge is 2.65. The monoisotopic (exact) mass is 361 g/mol. The average molecular weight is 362 g/mol. The van der Waals surface area contributed by atoms with Crippen molar-refractivity contribution in [3.8, 4) is 0 Å². The van der Waals surface area contributed by atoms with Crippen molar-refractivity contribution in [2.75, 3.05) is 11.6 Å². The van der Waals surface area contributed by atoms with Gasteiger partial charge in [-0.3, -0.25) is 0 Å². The quantitative estimate of drug-likeness (QED) is 0.714. The summed E-state index contributed by atoms with van der Waals surface area (Å²) in [5.74, 6) is 3.46. The van der Waals surface area contributed by atoms with Crippen molar-refractivity contribution in [1.82, 2.24) is 0 Å². The van der Waals surface area contributed by atoms with Gasteiger partial charge < -0.3 is 5.73 Å². The molecule has 26 heavy (non-hydrogen) atoms. The van der Waals surface area contributed by atoms with E-state index in [0.717, 1.165) is 17.7 Å². The number of benzene rings is 2. The molecule has 0 aromatic heterocycles. The zero-order valence-corrected chi connectivity index (χ0v) is 16.1. The van der Waals surface area contributed by atoms with Gasteiger partial charge in [0.1, 0.15) is 0 Å². The third-order valence-corrected chi connectivity index (χ3v) is 8.23. The molecule has 4 aliphatic carbocycles. The van der Waals surface area contributed by atoms with Crippen LogP contribution in [0.1, 0.15) is 36.8 Å². The molecule has 0 saturated heterocycles. The van der Waals surface area contributed by atoms with E-state index in [-0.39, 0.29) is 0 Å². The van der Waals surface area contributed by atoms with Gasteiger partial charge in [-0.2, -0.15) is 0 Å². The number of hydrogen-bond donors (Lipinski definition) is 1. The Hall–Kier alpha value is -1.51. The maximum absolute atomic E-state index is 5.88. The van der Waals surface area contributed by atoms with Crippen LogP contribution < -0.4 is 5.73 Å². The highest BCUT2D eigenvalue weighted by Crippen LogP contribution is 2.73. The first-order valence-corrected chi connectivity index (χ1v) is 11.0. The van der Waals surface area contributed by atoms with Gasteiger partial charge in [-0.1, -0.05) is 72.3 Å². The van der Waals surface area contributed by atoms with Crippen molar-refractivity contribution >= 4 is 17.8 Å². The minimum absolute atomic E-state index is 0.401. The predicted molar refractivity (Wildman–Crippen MR) is 112 cm³/mol. The predicted octanol–water partition coefficient (Wildman–Crippen LogP) is 5.48. The van der Waals surface area contributed by atoms with E-state index in [2.05, 4.69) is 66.7 Å². The van der Waals surface area contributed by atoms with Crippen LogP contribution >= 0.6 is 11.8 Å². The van der Waals surface area contributed by atoms with E-state index < -0.39 is 0 Å². The van der Waals surface area contributed by atoms with Gasteiger partial charge in [-0.25, -0.2) is 0 Å². The molecule has 0 heterocycles. The van der Waals surface area contributed by atoms with Crippen LogP contribution in [0, 0.1) is 17.3 Å². The molecule has 4 fully saturated rings. The summed E-state index contributed by atoms with van der Waals surface area (Å²) in [7, 11) is 0. The fourth-order valence-electron chi connectivity index (χ4n) is 6.44. The lowest BCUT2D eigenvalue weighted by molar-refractivity contribution is 0.204. The third-order valence-electron chi connectivity index (χ3n) is 7.21. The van der Waals surface area contributed by atoms with Gasteiger partial charge in [0, 0.05) is 11.6 Å². The van der Waals surface area contributed by atoms with Gasteiger partial charge in [0.25, 0.3) is 0 Å². The van der Waals surface area contributed by atoms with Crippen LogP contribution in [0.2, 0.25) is 0 Å². The summed E-state index contributed by atoms with van der Waals surface area (Å²) in [6, 6.07) is 22.3. The summed E-state index contributed by atoms with van der Waals surface area (Å²) >= 11 is 1.95. The Morgan fingerprint density at radius 1 is 0.962 bits per heavy atom. The average Bonchev–Trinajstić information content (AvgIpc) is 3.04. The Morgan fingerprint density at radius 3 is 2.42 bits per heavy atom. The van der Waals surface area contributed by atoms with Crippen molar-refractivity contribution in [3.05, 3.63) is 77.4 Å². The van der Waals surface area contributed by atoms with E-state index >= 15 is 0 Å². The maximum Gasteiger partial charge on any atom is 0.0392 e. The molecule has 1 nitrogen and oxygen atoms in total. The molecule has 4 bridgehead atoms. The first-order valence-electron chi connectivity index (χ1n) is 9.85. The summed E-state index contributed by atoms with van der Waals surface area (Å²) in [5.41, 5.74) is 11.4. The lowest BCUT2D eigenvalue weighted by atomic mass is 9.63. The van der Waals surface area contributed by atoms with Crippen molar-refractivity contribution < 1.29 is 0 Å². The van der Waals surface area contributed by atoms with E-state index in [1.165, 1.54) is 37.0 Å². The van der Waals surface area contributed by atoms with Crippen LogP contribution in [0.25, 0.3) is 6.08 Å². The number of hydrogen-bond acceptors (Lipinski definition) is 2. The van der Waals surface area contributed by atoms with Crippen LogP contribution in [-0.2, 0) is 5.41 Å². The largest absolute Gasteiger partial charge is 0.322 e. The van der Waals surface area contributed by atoms with Gasteiger partial charge in [0.05, 0.1) is 0 Å². The molecule has 0 aliphatic heterocycles. The first-order chi connectivity index (χ1) is 12.7. The van der Waals surface area contributed by atoms with E-state index in [0.29, 0.717) is 10.8 Å². The highest BCUT2D eigenvalue weighted by molar-refractivity contribution is 7.99. The number of allylic oxidation sites excluding steroid dienone is 1. The van der Waals surface area contributed by atoms with Gasteiger partial charge in [0.15, 0.2) is 0 Å². The fraction of sp³-hybridized carbons (Fsp3) is 0.417. The molecule has 2 aromatic carbocycles. The molecular weight excluding hydrogens is 334 g/mol. The third kappa shape index (κ3) is 2.50. The minimum Gasteiger partial charge on any atom is -0.322 e. The molecule has 2 aromatic rings. The number of rotatable bonds is 5. The molecule has 2 N–H and O–H groups in total. The second-order valence-corrected chi connectivity index (χ2v) is 9.65. The zero-order valence-electron chi connectivity index (χ0n) is 15.2. The molecule has 4 aliphatic rings. The Balaban J connectivity index is 1.55. The maximum atomic E-state index is 5.88. The Bertz CT molecular complexity index is 815. The molecule has 4 saturated carbocycles. The van der Waals surface area contributed by atoms with Crippen LogP contribution in [-0.4, -0.2) is 11.6 Å². The normalized spacial score (nSPS) is 36.1. The SMILES string of the molecule is NCSCC12CC3CC(c4ccccc4)(CC1/C3=C\c1ccccc1)C2. The summed E-state index contributed by atoms with van der Waals surface area (Å²) in [6.45, 7) is 0. The van der Waals surface area contributed by atoms with Crippen LogP contribution in [0.4, 0.5) is 0 Å². The van der Waals surface area contributed by atoms with Crippen molar-refractivity contribution in [2.24, 2.45) is 23.0 Å². The first kappa shape index (κ1) is 16.6. The molecule has 0 amide bonds. The lowest BCUT2D eigenvalue weighted by Gasteiger charge is -2.42. The fourth-order valence-corrected chi connectivity index (χ4v) is 7.38. The molecule has 0 radical (unpaired) electrons. The van der Waals surface area contributed by atoms with E-state index in [1.54, 1.807) is 11.1 Å². The zero-order chi connectivity index (χ0) is 17.6. The number of nitrogens with two attached hydrogens (primary N) is 1. The molecule has 0 spiro atoms. The summed E-state index contributed by atoms with van der Waals surface area (Å²) in [6.07, 6.45) is 7.91. The Morgan fingerprint density at radius 2 is 1.69 bits per heavy atom. The molecule has 134 valence electrons. The number of thioether (sulfide) groups is 1. The van der Waals surface area contributed by atoms with Crippen molar-refractivity contribution in [1.29, 1.82) is 0 Å². The lowest BCUT2D eigenvalue weighted by Crippen LogP contribution is -2.35. The van der Waals surface area contributed by atoms with Gasteiger partial charge >= 0.3 is 0 Å². The van der Waals surface area contributed by atoms with Gasteiger partial charge in [-0.15, -0.1) is 11.8 Å². The van der Waals surface area contributed by atoms with Gasteiger partial charge in [-0.05, 0) is 59.5 Å². The molecule has 6 rings (SSSR count). The van der Waals surface area contributed by atoms with E-state index in [1.807, 2.05) is 11.8 Å². The summed E-state index contributed by atoms with van der Waals surface area (Å²) < 4.78 is 0. The molecular formula is C24H27NS. The van der Waals surface area contributed by atoms with Gasteiger partial charge in [0.2, 0.25) is 0 Å². The standard InChI is InChI=1S/C24H27NS/c25-17-26-16-24-13-19-12-23(15-24,20-9-5-2-6-10-20)14-22(24)21(19)11-18-7-3-1-4-8-18/h1-11,19,22H,12-17,25H2/b21-11-. The highest BCUT2D eigenvalue weighted by atomic mass is 32.2. The van der Waals surface area contributed by atoms with Crippen molar-refractivity contribution in [2.45, 2.75) is 31.1 Å². The topological polar surface area (TPSA) is 26.0 Å². The van der Waals surface area contributed by atoms with E-state index in [9.17, 15) is 0 Å². The van der Waals surface area contributed by atoms with Crippen molar-refractivity contribution in [3.63, 3.8) is 0 Å². The van der Waals surface area contributed by atoms with E-state index in [4.69, 9.17) is 5.73 Å². The second-order valence-electron chi connectivity index (χ2n) is 8.62. The van der Waals surface area contributed by atoms with Crippen LogP contribution in [0.3, 0.4) is 0 Å². The second kappa shape index (κ2) is 6.28. The molecule has 2 heteroatoms. The minimum atomic E-state index is 0.401.